The Kier molecular flexibility index (Phi) is 3.53. The summed E-state index contributed by atoms with van der Waals surface area (Å²) in [6, 6.07) is 7.95. The number of aryl methyl sites for hydroxylation is 1. The summed E-state index contributed by atoms with van der Waals surface area (Å²) in [6.07, 6.45) is -0.536. The molecule has 0 aliphatic carbocycles. The maximum atomic E-state index is 10.2. The van der Waals surface area contributed by atoms with Crippen molar-refractivity contribution in [2.75, 3.05) is 7.05 Å². The summed E-state index contributed by atoms with van der Waals surface area (Å²) in [5.74, 6) is 0. The summed E-state index contributed by atoms with van der Waals surface area (Å²) in [4.78, 5) is 1.97. The van der Waals surface area contributed by atoms with E-state index in [2.05, 4.69) is 20.8 Å². The van der Waals surface area contributed by atoms with Crippen molar-refractivity contribution in [3.8, 4) is 0 Å². The van der Waals surface area contributed by atoms with Gasteiger partial charge in [0.2, 0.25) is 0 Å². The van der Waals surface area contributed by atoms with Gasteiger partial charge in [0.1, 0.15) is 6.23 Å². The van der Waals surface area contributed by atoms with E-state index in [0.29, 0.717) is 0 Å². The number of hydrogen-bond acceptors (Lipinski definition) is 2. The van der Waals surface area contributed by atoms with E-state index >= 15 is 0 Å². The largest absolute Gasteiger partial charge is 0.374 e. The first-order valence-corrected chi connectivity index (χ1v) is 5.30. The fourth-order valence-corrected chi connectivity index (χ4v) is 1.45. The van der Waals surface area contributed by atoms with Gasteiger partial charge >= 0.3 is 0 Å². The van der Waals surface area contributed by atoms with Crippen molar-refractivity contribution in [3.63, 3.8) is 0 Å². The van der Waals surface area contributed by atoms with E-state index in [9.17, 15) is 5.11 Å². The molecule has 15 heavy (non-hydrogen) atoms. The van der Waals surface area contributed by atoms with Crippen molar-refractivity contribution in [1.29, 1.82) is 0 Å². The average molecular weight is 207 g/mol. The average Bonchev–Trinajstić information content (AvgIpc) is 2.15. The van der Waals surface area contributed by atoms with Crippen LogP contribution in [0.3, 0.4) is 0 Å². The van der Waals surface area contributed by atoms with Crippen LogP contribution in [-0.2, 0) is 0 Å². The lowest BCUT2D eigenvalue weighted by molar-refractivity contribution is -0.0339. The van der Waals surface area contributed by atoms with Gasteiger partial charge in [-0.25, -0.2) is 0 Å². The van der Waals surface area contributed by atoms with Crippen LogP contribution in [0.4, 0.5) is 0 Å². The third-order valence-corrected chi connectivity index (χ3v) is 2.89. The smallest absolute Gasteiger partial charge is 0.134 e. The molecule has 0 fully saturated rings. The zero-order valence-electron chi connectivity index (χ0n) is 10.3. The van der Waals surface area contributed by atoms with Crippen molar-refractivity contribution >= 4 is 0 Å². The highest BCUT2D eigenvalue weighted by Gasteiger charge is 2.25. The Bertz CT molecular complexity index is 328. The summed E-state index contributed by atoms with van der Waals surface area (Å²) in [5, 5.41) is 10.2. The van der Waals surface area contributed by atoms with Crippen LogP contribution in [0.5, 0.6) is 0 Å². The van der Waals surface area contributed by atoms with Crippen LogP contribution in [0.25, 0.3) is 0 Å². The maximum absolute atomic E-state index is 10.2. The molecule has 0 saturated heterocycles. The van der Waals surface area contributed by atoms with Crippen LogP contribution < -0.4 is 0 Å². The Balaban J connectivity index is 2.95. The second-order valence-electron chi connectivity index (χ2n) is 5.01. The molecular weight excluding hydrogens is 186 g/mol. The van der Waals surface area contributed by atoms with E-state index in [1.807, 2.05) is 43.1 Å². The zero-order chi connectivity index (χ0) is 11.6. The van der Waals surface area contributed by atoms with Crippen LogP contribution in [0.1, 0.15) is 38.1 Å². The van der Waals surface area contributed by atoms with Crippen LogP contribution in [0.15, 0.2) is 24.3 Å². The van der Waals surface area contributed by atoms with Gasteiger partial charge in [0.05, 0.1) is 0 Å². The predicted molar refractivity (Wildman–Crippen MR) is 63.7 cm³/mol. The highest BCUT2D eigenvalue weighted by atomic mass is 16.3. The molecule has 1 atom stereocenters. The van der Waals surface area contributed by atoms with Crippen molar-refractivity contribution < 1.29 is 5.11 Å². The summed E-state index contributed by atoms with van der Waals surface area (Å²) in [5.41, 5.74) is 2.07. The molecule has 1 aromatic rings. The molecule has 0 saturated carbocycles. The van der Waals surface area contributed by atoms with Gasteiger partial charge in [-0.3, -0.25) is 4.90 Å². The number of aliphatic hydroxyl groups excluding tert-OH is 1. The van der Waals surface area contributed by atoms with E-state index < -0.39 is 6.23 Å². The van der Waals surface area contributed by atoms with Crippen molar-refractivity contribution in [2.45, 2.75) is 39.5 Å². The van der Waals surface area contributed by atoms with Crippen molar-refractivity contribution in [3.05, 3.63) is 35.4 Å². The Morgan fingerprint density at radius 1 is 1.20 bits per heavy atom. The quantitative estimate of drug-likeness (QED) is 0.754. The molecule has 0 bridgehead atoms. The predicted octanol–water partition coefficient (Wildman–Crippen LogP) is 2.72. The normalized spacial score (nSPS) is 14.3. The highest BCUT2D eigenvalue weighted by Crippen LogP contribution is 2.25. The summed E-state index contributed by atoms with van der Waals surface area (Å²) < 4.78 is 0. The van der Waals surface area contributed by atoms with E-state index in [4.69, 9.17) is 0 Å². The molecule has 2 nitrogen and oxygen atoms in total. The molecule has 0 aliphatic rings. The first-order valence-electron chi connectivity index (χ1n) is 5.30. The molecule has 1 aromatic carbocycles. The van der Waals surface area contributed by atoms with Gasteiger partial charge < -0.3 is 5.11 Å². The topological polar surface area (TPSA) is 23.5 Å². The van der Waals surface area contributed by atoms with Crippen LogP contribution >= 0.6 is 0 Å². The van der Waals surface area contributed by atoms with Gasteiger partial charge in [-0.1, -0.05) is 24.3 Å². The summed E-state index contributed by atoms with van der Waals surface area (Å²) in [7, 11) is 1.94. The van der Waals surface area contributed by atoms with Crippen LogP contribution in [0.2, 0.25) is 0 Å². The molecule has 1 rings (SSSR count). The fraction of sp³-hybridized carbons (Fsp3) is 0.538. The first-order chi connectivity index (χ1) is 6.84. The molecule has 0 heterocycles. The molecule has 2 heteroatoms. The molecule has 1 N–H and O–H groups in total. The Labute approximate surface area is 92.5 Å². The van der Waals surface area contributed by atoms with Gasteiger partial charge in [-0.05, 0) is 45.9 Å². The molecule has 84 valence electrons. The van der Waals surface area contributed by atoms with Crippen molar-refractivity contribution in [1.82, 2.24) is 4.90 Å². The second-order valence-corrected chi connectivity index (χ2v) is 5.01. The van der Waals surface area contributed by atoms with E-state index in [0.717, 1.165) is 11.1 Å². The minimum absolute atomic E-state index is 0.0400. The maximum Gasteiger partial charge on any atom is 0.134 e. The fourth-order valence-electron chi connectivity index (χ4n) is 1.45. The highest BCUT2D eigenvalue weighted by molar-refractivity contribution is 5.27. The van der Waals surface area contributed by atoms with E-state index in [-0.39, 0.29) is 5.54 Å². The standard InChI is InChI=1S/C13H21NO/c1-10-8-6-7-9-11(10)12(15)14(5)13(2,3)4/h6-9,12,15H,1-5H3. The second kappa shape index (κ2) is 4.33. The zero-order valence-corrected chi connectivity index (χ0v) is 10.3. The molecular formula is C13H21NO. The van der Waals surface area contributed by atoms with Gasteiger partial charge in [-0.15, -0.1) is 0 Å². The molecule has 0 spiro atoms. The molecule has 0 radical (unpaired) electrons. The Morgan fingerprint density at radius 2 is 1.73 bits per heavy atom. The minimum atomic E-state index is -0.536. The van der Waals surface area contributed by atoms with Gasteiger partial charge in [0, 0.05) is 5.54 Å². The first kappa shape index (κ1) is 12.2. The number of nitrogens with zero attached hydrogens (tertiary/aromatic N) is 1. The summed E-state index contributed by atoms with van der Waals surface area (Å²) in [6.45, 7) is 8.30. The van der Waals surface area contributed by atoms with Gasteiger partial charge in [0.25, 0.3) is 0 Å². The Hall–Kier alpha value is -0.860. The van der Waals surface area contributed by atoms with Crippen LogP contribution in [0, 0.1) is 6.92 Å². The lowest BCUT2D eigenvalue weighted by atomic mass is 10.0. The SMILES string of the molecule is Cc1ccccc1C(O)N(C)C(C)(C)C. The molecule has 0 aromatic heterocycles. The van der Waals surface area contributed by atoms with Crippen LogP contribution in [-0.4, -0.2) is 22.6 Å². The number of rotatable bonds is 2. The van der Waals surface area contributed by atoms with E-state index in [1.54, 1.807) is 0 Å². The van der Waals surface area contributed by atoms with E-state index in [1.165, 1.54) is 0 Å². The number of aliphatic hydroxyl groups is 1. The number of benzene rings is 1. The monoisotopic (exact) mass is 207 g/mol. The summed E-state index contributed by atoms with van der Waals surface area (Å²) >= 11 is 0. The third-order valence-electron chi connectivity index (χ3n) is 2.89. The lowest BCUT2D eigenvalue weighted by Gasteiger charge is -2.36. The minimum Gasteiger partial charge on any atom is -0.374 e. The molecule has 0 amide bonds. The van der Waals surface area contributed by atoms with Gasteiger partial charge in [-0.2, -0.15) is 0 Å². The molecule has 1 unspecified atom stereocenters. The van der Waals surface area contributed by atoms with Crippen molar-refractivity contribution in [2.24, 2.45) is 0 Å². The lowest BCUT2D eigenvalue weighted by Crippen LogP contribution is -2.40. The number of hydrogen-bond donors (Lipinski definition) is 1. The Morgan fingerprint density at radius 3 is 2.20 bits per heavy atom. The van der Waals surface area contributed by atoms with Gasteiger partial charge in [0.15, 0.2) is 0 Å². The third kappa shape index (κ3) is 2.80. The molecule has 0 aliphatic heterocycles.